The standard InChI is InChI=1S/C20H26N2O6/c1-12(20(25)26)10-21(14-4-5-14)19(24)13-8-18(23)22(11-13)16-7-6-15(27-2)9-17(16)28-3/h6-7,9,12-14H,4-5,8,10-11H2,1-3H3,(H,25,26). The topological polar surface area (TPSA) is 96.4 Å². The van der Waals surface area contributed by atoms with Crippen molar-refractivity contribution in [3.63, 3.8) is 0 Å². The first kappa shape index (κ1) is 20.0. The summed E-state index contributed by atoms with van der Waals surface area (Å²) >= 11 is 0. The average molecular weight is 390 g/mol. The molecule has 0 bridgehead atoms. The molecule has 2 atom stereocenters. The van der Waals surface area contributed by atoms with Crippen LogP contribution >= 0.6 is 0 Å². The summed E-state index contributed by atoms with van der Waals surface area (Å²) < 4.78 is 10.6. The van der Waals surface area contributed by atoms with Gasteiger partial charge in [0.25, 0.3) is 0 Å². The van der Waals surface area contributed by atoms with Gasteiger partial charge in [0.15, 0.2) is 0 Å². The third-order valence-corrected chi connectivity index (χ3v) is 5.31. The van der Waals surface area contributed by atoms with Crippen LogP contribution in [0.1, 0.15) is 26.2 Å². The Morgan fingerprint density at radius 2 is 2.00 bits per heavy atom. The van der Waals surface area contributed by atoms with Gasteiger partial charge in [-0.05, 0) is 25.0 Å². The van der Waals surface area contributed by atoms with E-state index in [2.05, 4.69) is 0 Å². The molecule has 1 saturated carbocycles. The second kappa shape index (κ2) is 8.08. The first-order chi connectivity index (χ1) is 13.3. The van der Waals surface area contributed by atoms with Gasteiger partial charge in [0.1, 0.15) is 11.5 Å². The minimum Gasteiger partial charge on any atom is -0.497 e. The molecule has 152 valence electrons. The van der Waals surface area contributed by atoms with Crippen LogP contribution in [0.4, 0.5) is 5.69 Å². The van der Waals surface area contributed by atoms with Gasteiger partial charge in [-0.1, -0.05) is 6.92 Å². The number of aliphatic carboxylic acids is 1. The molecular formula is C20H26N2O6. The quantitative estimate of drug-likeness (QED) is 0.727. The molecule has 1 aromatic carbocycles. The Morgan fingerprint density at radius 3 is 2.57 bits per heavy atom. The smallest absolute Gasteiger partial charge is 0.308 e. The highest BCUT2D eigenvalue weighted by Gasteiger charge is 2.42. The van der Waals surface area contributed by atoms with E-state index >= 15 is 0 Å². The van der Waals surface area contributed by atoms with E-state index in [-0.39, 0.29) is 37.4 Å². The van der Waals surface area contributed by atoms with Crippen molar-refractivity contribution < 1.29 is 29.0 Å². The molecule has 0 radical (unpaired) electrons. The number of nitrogens with zero attached hydrogens (tertiary/aromatic N) is 2. The highest BCUT2D eigenvalue weighted by atomic mass is 16.5. The monoisotopic (exact) mass is 390 g/mol. The molecule has 0 aromatic heterocycles. The Kier molecular flexibility index (Phi) is 5.76. The minimum absolute atomic E-state index is 0.0916. The molecule has 2 fully saturated rings. The highest BCUT2D eigenvalue weighted by molar-refractivity contribution is 6.01. The first-order valence-corrected chi connectivity index (χ1v) is 9.41. The molecule has 1 aromatic rings. The van der Waals surface area contributed by atoms with Crippen LogP contribution < -0.4 is 14.4 Å². The van der Waals surface area contributed by atoms with E-state index in [4.69, 9.17) is 9.47 Å². The van der Waals surface area contributed by atoms with Gasteiger partial charge in [0.2, 0.25) is 11.8 Å². The van der Waals surface area contributed by atoms with Gasteiger partial charge in [-0.3, -0.25) is 14.4 Å². The number of methoxy groups -OCH3 is 2. The van der Waals surface area contributed by atoms with E-state index in [1.54, 1.807) is 42.0 Å². The molecular weight excluding hydrogens is 364 g/mol. The van der Waals surface area contributed by atoms with Gasteiger partial charge < -0.3 is 24.4 Å². The summed E-state index contributed by atoms with van der Waals surface area (Å²) in [5.41, 5.74) is 0.598. The molecule has 3 rings (SSSR count). The first-order valence-electron chi connectivity index (χ1n) is 9.41. The Bertz CT molecular complexity index is 776. The number of carboxylic acid groups (broad SMARTS) is 1. The van der Waals surface area contributed by atoms with E-state index in [0.29, 0.717) is 17.2 Å². The van der Waals surface area contributed by atoms with Crippen LogP contribution in [-0.4, -0.2) is 61.1 Å². The van der Waals surface area contributed by atoms with Gasteiger partial charge in [-0.2, -0.15) is 0 Å². The summed E-state index contributed by atoms with van der Waals surface area (Å²) in [6, 6.07) is 5.27. The molecule has 1 N–H and O–H groups in total. The maximum Gasteiger partial charge on any atom is 0.308 e. The molecule has 2 aliphatic rings. The van der Waals surface area contributed by atoms with E-state index in [9.17, 15) is 19.5 Å². The number of carbonyl (C=O) groups is 3. The molecule has 1 aliphatic heterocycles. The molecule has 2 unspecified atom stereocenters. The third-order valence-electron chi connectivity index (χ3n) is 5.31. The van der Waals surface area contributed by atoms with Gasteiger partial charge in [-0.15, -0.1) is 0 Å². The number of anilines is 1. The Hall–Kier alpha value is -2.77. The summed E-state index contributed by atoms with van der Waals surface area (Å²) in [7, 11) is 3.07. The normalized spacial score (nSPS) is 20.0. The van der Waals surface area contributed by atoms with E-state index in [1.807, 2.05) is 0 Å². The SMILES string of the molecule is COc1ccc(N2CC(C(=O)N(CC(C)C(=O)O)C3CC3)CC2=O)c(OC)c1. The maximum absolute atomic E-state index is 13.1. The Morgan fingerprint density at radius 1 is 1.29 bits per heavy atom. The summed E-state index contributed by atoms with van der Waals surface area (Å²) in [6.45, 7) is 2.03. The van der Waals surface area contributed by atoms with Crippen molar-refractivity contribution >= 4 is 23.5 Å². The number of carboxylic acids is 1. The fourth-order valence-electron chi connectivity index (χ4n) is 3.53. The van der Waals surface area contributed by atoms with Crippen molar-refractivity contribution in [2.24, 2.45) is 11.8 Å². The lowest BCUT2D eigenvalue weighted by atomic mass is 10.1. The summed E-state index contributed by atoms with van der Waals surface area (Å²) in [5.74, 6) is -1.23. The Balaban J connectivity index is 1.76. The summed E-state index contributed by atoms with van der Waals surface area (Å²) in [6.07, 6.45) is 1.88. The lowest BCUT2D eigenvalue weighted by molar-refractivity contribution is -0.144. The molecule has 1 aliphatic carbocycles. The predicted octanol–water partition coefficient (Wildman–Crippen LogP) is 1.77. The second-order valence-electron chi connectivity index (χ2n) is 7.40. The van der Waals surface area contributed by atoms with Crippen molar-refractivity contribution in [3.8, 4) is 11.5 Å². The van der Waals surface area contributed by atoms with Gasteiger partial charge in [-0.25, -0.2) is 0 Å². The minimum atomic E-state index is -0.925. The third kappa shape index (κ3) is 4.05. The fourth-order valence-corrected chi connectivity index (χ4v) is 3.53. The van der Waals surface area contributed by atoms with Crippen LogP contribution in [0.25, 0.3) is 0 Å². The van der Waals surface area contributed by atoms with E-state index in [0.717, 1.165) is 12.8 Å². The van der Waals surface area contributed by atoms with Crippen LogP contribution in [-0.2, 0) is 14.4 Å². The van der Waals surface area contributed by atoms with Gasteiger partial charge >= 0.3 is 5.97 Å². The number of hydrogen-bond acceptors (Lipinski definition) is 5. The lowest BCUT2D eigenvalue weighted by Gasteiger charge is -2.27. The number of benzene rings is 1. The molecule has 8 nitrogen and oxygen atoms in total. The lowest BCUT2D eigenvalue weighted by Crippen LogP contribution is -2.42. The summed E-state index contributed by atoms with van der Waals surface area (Å²) in [5, 5.41) is 9.19. The average Bonchev–Trinajstić information content (AvgIpc) is 3.46. The highest BCUT2D eigenvalue weighted by Crippen LogP contribution is 2.37. The maximum atomic E-state index is 13.1. The number of rotatable bonds is 8. The van der Waals surface area contributed by atoms with Crippen LogP contribution in [0.15, 0.2) is 18.2 Å². The van der Waals surface area contributed by atoms with Crippen LogP contribution in [0.3, 0.4) is 0 Å². The van der Waals surface area contributed by atoms with Crippen molar-refractivity contribution in [1.29, 1.82) is 0 Å². The van der Waals surface area contributed by atoms with Crippen molar-refractivity contribution in [2.45, 2.75) is 32.2 Å². The zero-order valence-electron chi connectivity index (χ0n) is 16.4. The van der Waals surface area contributed by atoms with Crippen LogP contribution in [0.5, 0.6) is 11.5 Å². The van der Waals surface area contributed by atoms with E-state index < -0.39 is 17.8 Å². The molecule has 1 heterocycles. The van der Waals surface area contributed by atoms with E-state index in [1.165, 1.54) is 7.11 Å². The molecule has 28 heavy (non-hydrogen) atoms. The fraction of sp³-hybridized carbons (Fsp3) is 0.550. The summed E-state index contributed by atoms with van der Waals surface area (Å²) in [4.78, 5) is 40.1. The molecule has 0 spiro atoms. The molecule has 2 amide bonds. The second-order valence-corrected chi connectivity index (χ2v) is 7.40. The van der Waals surface area contributed by atoms with Crippen LogP contribution in [0, 0.1) is 11.8 Å². The zero-order valence-corrected chi connectivity index (χ0v) is 16.4. The number of carbonyl (C=O) groups excluding carboxylic acids is 2. The van der Waals surface area contributed by atoms with Crippen molar-refractivity contribution in [1.82, 2.24) is 4.90 Å². The van der Waals surface area contributed by atoms with Gasteiger partial charge in [0.05, 0.1) is 31.7 Å². The van der Waals surface area contributed by atoms with Crippen LogP contribution in [0.2, 0.25) is 0 Å². The zero-order chi connectivity index (χ0) is 20.4. The number of hydrogen-bond donors (Lipinski definition) is 1. The predicted molar refractivity (Wildman–Crippen MR) is 102 cm³/mol. The van der Waals surface area contributed by atoms with Gasteiger partial charge in [0, 0.05) is 31.6 Å². The number of ether oxygens (including phenoxy) is 2. The van der Waals surface area contributed by atoms with Crippen molar-refractivity contribution in [2.75, 3.05) is 32.2 Å². The molecule has 1 saturated heterocycles. The Labute approximate surface area is 164 Å². The molecule has 8 heteroatoms. The number of amides is 2. The largest absolute Gasteiger partial charge is 0.497 e. The van der Waals surface area contributed by atoms with Crippen molar-refractivity contribution in [3.05, 3.63) is 18.2 Å².